The molecular formula is C11H13NO2. The Morgan fingerprint density at radius 3 is 2.07 bits per heavy atom. The topological polar surface area (TPSA) is 60.2 Å². The van der Waals surface area contributed by atoms with Crippen molar-refractivity contribution in [1.29, 1.82) is 0 Å². The van der Waals surface area contributed by atoms with Gasteiger partial charge in [-0.25, -0.2) is 0 Å². The lowest BCUT2D eigenvalue weighted by molar-refractivity contribution is -0.117. The average molecular weight is 191 g/mol. The molecule has 0 heterocycles. The van der Waals surface area contributed by atoms with Gasteiger partial charge in [-0.3, -0.25) is 9.59 Å². The summed E-state index contributed by atoms with van der Waals surface area (Å²) in [7, 11) is 0. The molecule has 1 aromatic rings. The van der Waals surface area contributed by atoms with E-state index in [4.69, 9.17) is 5.73 Å². The SMILES string of the molecule is CC(C)C(=O)C(=O)c1ccc(N)cc1. The zero-order valence-electron chi connectivity index (χ0n) is 8.28. The molecule has 0 aliphatic carbocycles. The summed E-state index contributed by atoms with van der Waals surface area (Å²) in [5, 5.41) is 0. The summed E-state index contributed by atoms with van der Waals surface area (Å²) < 4.78 is 0. The van der Waals surface area contributed by atoms with Crippen molar-refractivity contribution in [2.75, 3.05) is 5.73 Å². The Balaban J connectivity index is 2.90. The summed E-state index contributed by atoms with van der Waals surface area (Å²) in [6.07, 6.45) is 0. The van der Waals surface area contributed by atoms with E-state index in [2.05, 4.69) is 0 Å². The van der Waals surface area contributed by atoms with Gasteiger partial charge in [0, 0.05) is 17.2 Å². The van der Waals surface area contributed by atoms with E-state index in [1.807, 2.05) is 0 Å². The van der Waals surface area contributed by atoms with E-state index in [0.29, 0.717) is 11.3 Å². The van der Waals surface area contributed by atoms with Gasteiger partial charge in [-0.2, -0.15) is 0 Å². The smallest absolute Gasteiger partial charge is 0.228 e. The van der Waals surface area contributed by atoms with E-state index in [-0.39, 0.29) is 11.7 Å². The number of hydrogen-bond donors (Lipinski definition) is 1. The van der Waals surface area contributed by atoms with Gasteiger partial charge in [0.25, 0.3) is 0 Å². The third kappa shape index (κ3) is 2.19. The van der Waals surface area contributed by atoms with Crippen LogP contribution in [0.1, 0.15) is 24.2 Å². The summed E-state index contributed by atoms with van der Waals surface area (Å²) in [5.74, 6) is -1.07. The number of nitrogens with two attached hydrogens (primary N) is 1. The predicted molar refractivity (Wildman–Crippen MR) is 55.0 cm³/mol. The number of Topliss-reactive ketones (excluding diaryl/α,β-unsaturated/α-hetero) is 2. The maximum Gasteiger partial charge on any atom is 0.228 e. The van der Waals surface area contributed by atoms with Gasteiger partial charge in [0.05, 0.1) is 0 Å². The van der Waals surface area contributed by atoms with Crippen molar-refractivity contribution in [3.05, 3.63) is 29.8 Å². The number of ketones is 2. The molecular weight excluding hydrogens is 178 g/mol. The van der Waals surface area contributed by atoms with Crippen molar-refractivity contribution in [3.63, 3.8) is 0 Å². The summed E-state index contributed by atoms with van der Waals surface area (Å²) >= 11 is 0. The lowest BCUT2D eigenvalue weighted by Crippen LogP contribution is -2.19. The van der Waals surface area contributed by atoms with Crippen molar-refractivity contribution in [3.8, 4) is 0 Å². The first-order valence-electron chi connectivity index (χ1n) is 4.46. The van der Waals surface area contributed by atoms with Crippen LogP contribution in [-0.2, 0) is 4.79 Å². The molecule has 74 valence electrons. The van der Waals surface area contributed by atoms with Crippen LogP contribution >= 0.6 is 0 Å². The molecule has 0 bridgehead atoms. The number of hydrogen-bond acceptors (Lipinski definition) is 3. The molecule has 14 heavy (non-hydrogen) atoms. The van der Waals surface area contributed by atoms with Crippen LogP contribution in [0.5, 0.6) is 0 Å². The summed E-state index contributed by atoms with van der Waals surface area (Å²) in [6.45, 7) is 3.41. The Hall–Kier alpha value is -1.64. The molecule has 0 radical (unpaired) electrons. The highest BCUT2D eigenvalue weighted by molar-refractivity contribution is 6.44. The molecule has 2 N–H and O–H groups in total. The van der Waals surface area contributed by atoms with Crippen molar-refractivity contribution in [1.82, 2.24) is 0 Å². The fraction of sp³-hybridized carbons (Fsp3) is 0.273. The summed E-state index contributed by atoms with van der Waals surface area (Å²) in [6, 6.07) is 6.36. The van der Waals surface area contributed by atoms with Gasteiger partial charge in [0.15, 0.2) is 0 Å². The molecule has 0 aliphatic heterocycles. The van der Waals surface area contributed by atoms with Crippen molar-refractivity contribution in [2.24, 2.45) is 5.92 Å². The minimum absolute atomic E-state index is 0.264. The summed E-state index contributed by atoms with van der Waals surface area (Å²) in [4.78, 5) is 22.9. The van der Waals surface area contributed by atoms with Gasteiger partial charge in [-0.1, -0.05) is 13.8 Å². The average Bonchev–Trinajstić information content (AvgIpc) is 2.16. The van der Waals surface area contributed by atoms with Crippen LogP contribution in [0, 0.1) is 5.92 Å². The molecule has 3 heteroatoms. The Morgan fingerprint density at radius 1 is 1.14 bits per heavy atom. The molecule has 3 nitrogen and oxygen atoms in total. The van der Waals surface area contributed by atoms with Gasteiger partial charge in [-0.15, -0.1) is 0 Å². The van der Waals surface area contributed by atoms with Gasteiger partial charge < -0.3 is 5.73 Å². The number of carbonyl (C=O) groups excluding carboxylic acids is 2. The first-order chi connectivity index (χ1) is 6.52. The fourth-order valence-electron chi connectivity index (χ4n) is 1.04. The Morgan fingerprint density at radius 2 is 1.64 bits per heavy atom. The van der Waals surface area contributed by atoms with Crippen LogP contribution in [-0.4, -0.2) is 11.6 Å². The molecule has 0 saturated carbocycles. The third-order valence-corrected chi connectivity index (χ3v) is 1.92. The van der Waals surface area contributed by atoms with E-state index in [0.717, 1.165) is 0 Å². The number of anilines is 1. The highest BCUT2D eigenvalue weighted by atomic mass is 16.2. The van der Waals surface area contributed by atoms with Crippen molar-refractivity contribution < 1.29 is 9.59 Å². The standard InChI is InChI=1S/C11H13NO2/c1-7(2)10(13)11(14)8-3-5-9(12)6-4-8/h3-7H,12H2,1-2H3. The van der Waals surface area contributed by atoms with Crippen LogP contribution < -0.4 is 5.73 Å². The number of nitrogen functional groups attached to an aromatic ring is 1. The second kappa shape index (κ2) is 4.05. The molecule has 1 rings (SSSR count). The molecule has 0 aromatic heterocycles. The highest BCUT2D eigenvalue weighted by Gasteiger charge is 2.18. The third-order valence-electron chi connectivity index (χ3n) is 1.92. The first kappa shape index (κ1) is 10.4. The Bertz CT molecular complexity index is 352. The second-order valence-corrected chi connectivity index (χ2v) is 3.47. The quantitative estimate of drug-likeness (QED) is 0.449. The molecule has 0 atom stereocenters. The Kier molecular flexibility index (Phi) is 3.02. The minimum atomic E-state index is -0.444. The molecule has 0 amide bonds. The van der Waals surface area contributed by atoms with Gasteiger partial charge in [0.2, 0.25) is 11.6 Å². The van der Waals surface area contributed by atoms with E-state index in [1.54, 1.807) is 38.1 Å². The maximum atomic E-state index is 11.5. The van der Waals surface area contributed by atoms with Crippen LogP contribution in [0.4, 0.5) is 5.69 Å². The van der Waals surface area contributed by atoms with Crippen LogP contribution in [0.3, 0.4) is 0 Å². The van der Waals surface area contributed by atoms with Gasteiger partial charge in [-0.05, 0) is 24.3 Å². The highest BCUT2D eigenvalue weighted by Crippen LogP contribution is 2.09. The largest absolute Gasteiger partial charge is 0.399 e. The zero-order chi connectivity index (χ0) is 10.7. The van der Waals surface area contributed by atoms with Crippen molar-refractivity contribution >= 4 is 17.3 Å². The van der Waals surface area contributed by atoms with Crippen LogP contribution in [0.2, 0.25) is 0 Å². The van der Waals surface area contributed by atoms with Crippen LogP contribution in [0.15, 0.2) is 24.3 Å². The number of carbonyl (C=O) groups is 2. The van der Waals surface area contributed by atoms with Crippen LogP contribution in [0.25, 0.3) is 0 Å². The molecule has 0 spiro atoms. The Labute approximate surface area is 82.9 Å². The zero-order valence-corrected chi connectivity index (χ0v) is 8.28. The monoisotopic (exact) mass is 191 g/mol. The first-order valence-corrected chi connectivity index (χ1v) is 4.46. The molecule has 0 unspecified atom stereocenters. The lowest BCUT2D eigenvalue weighted by atomic mass is 9.99. The van der Waals surface area contributed by atoms with E-state index in [1.165, 1.54) is 0 Å². The van der Waals surface area contributed by atoms with E-state index in [9.17, 15) is 9.59 Å². The number of benzene rings is 1. The summed E-state index contributed by atoms with van der Waals surface area (Å²) in [5.41, 5.74) is 6.45. The minimum Gasteiger partial charge on any atom is -0.399 e. The van der Waals surface area contributed by atoms with E-state index >= 15 is 0 Å². The maximum absolute atomic E-state index is 11.5. The molecule has 0 fully saturated rings. The molecule has 0 aliphatic rings. The van der Waals surface area contributed by atoms with Gasteiger partial charge >= 0.3 is 0 Å². The fourth-order valence-corrected chi connectivity index (χ4v) is 1.04. The lowest BCUT2D eigenvalue weighted by Gasteiger charge is -2.02. The normalized spacial score (nSPS) is 10.2. The van der Waals surface area contributed by atoms with Gasteiger partial charge in [0.1, 0.15) is 0 Å². The molecule has 0 saturated heterocycles. The predicted octanol–water partition coefficient (Wildman–Crippen LogP) is 1.68. The number of rotatable bonds is 3. The van der Waals surface area contributed by atoms with Crippen molar-refractivity contribution in [2.45, 2.75) is 13.8 Å². The van der Waals surface area contributed by atoms with E-state index < -0.39 is 5.78 Å². The molecule has 1 aromatic carbocycles. The second-order valence-electron chi connectivity index (χ2n) is 3.47.